The fourth-order valence-corrected chi connectivity index (χ4v) is 4.79. The number of benzene rings is 2. The van der Waals surface area contributed by atoms with Gasteiger partial charge in [0.25, 0.3) is 0 Å². The molecule has 0 atom stereocenters. The molecule has 35 heavy (non-hydrogen) atoms. The van der Waals surface area contributed by atoms with Crippen LogP contribution in [0.4, 0.5) is 16.2 Å². The van der Waals surface area contributed by atoms with Gasteiger partial charge in [0.2, 0.25) is 0 Å². The number of urea groups is 1. The first kappa shape index (κ1) is 21.5. The van der Waals surface area contributed by atoms with Crippen LogP contribution in [-0.4, -0.2) is 31.8 Å². The van der Waals surface area contributed by atoms with Gasteiger partial charge in [-0.05, 0) is 62.8 Å². The third kappa shape index (κ3) is 4.18. The van der Waals surface area contributed by atoms with Gasteiger partial charge in [-0.2, -0.15) is 5.10 Å². The molecule has 2 aliphatic carbocycles. The fourth-order valence-electron chi connectivity index (χ4n) is 4.79. The average Bonchev–Trinajstić information content (AvgIpc) is 3.41. The summed E-state index contributed by atoms with van der Waals surface area (Å²) in [7, 11) is 0. The van der Waals surface area contributed by atoms with Crippen LogP contribution >= 0.6 is 0 Å². The van der Waals surface area contributed by atoms with Gasteiger partial charge >= 0.3 is 6.03 Å². The van der Waals surface area contributed by atoms with Crippen LogP contribution < -0.4 is 21.1 Å². The van der Waals surface area contributed by atoms with E-state index in [9.17, 15) is 4.79 Å². The second-order valence-corrected chi connectivity index (χ2v) is 9.42. The van der Waals surface area contributed by atoms with E-state index >= 15 is 0 Å². The van der Waals surface area contributed by atoms with E-state index in [2.05, 4.69) is 36.4 Å². The molecule has 2 aliphatic rings. The summed E-state index contributed by atoms with van der Waals surface area (Å²) in [6, 6.07) is 14.5. The Morgan fingerprint density at radius 3 is 2.57 bits per heavy atom. The number of carbonyl (C=O) groups excluding carboxylic acids is 1. The molecule has 2 aromatic heterocycles. The van der Waals surface area contributed by atoms with Gasteiger partial charge in [-0.3, -0.25) is 5.10 Å². The van der Waals surface area contributed by atoms with Crippen LogP contribution in [0.5, 0.6) is 5.75 Å². The summed E-state index contributed by atoms with van der Waals surface area (Å²) in [5.74, 6) is 1.44. The molecule has 9 heteroatoms. The minimum Gasteiger partial charge on any atom is -0.486 e. The molecule has 9 nitrogen and oxygen atoms in total. The Bertz CT molecular complexity index is 1340. The Labute approximate surface area is 203 Å². The van der Waals surface area contributed by atoms with Crippen molar-refractivity contribution < 1.29 is 9.53 Å². The second kappa shape index (κ2) is 8.98. The average molecular weight is 472 g/mol. The van der Waals surface area contributed by atoms with Crippen molar-refractivity contribution in [3.05, 3.63) is 54.6 Å². The zero-order chi connectivity index (χ0) is 23.8. The van der Waals surface area contributed by atoms with Crippen molar-refractivity contribution in [2.45, 2.75) is 57.2 Å². The molecule has 5 N–H and O–H groups in total. The predicted octanol–water partition coefficient (Wildman–Crippen LogP) is 4.99. The highest BCUT2D eigenvalue weighted by atomic mass is 16.5. The highest BCUT2D eigenvalue weighted by Gasteiger charge is 2.27. The maximum absolute atomic E-state index is 12.2. The third-order valence-electron chi connectivity index (χ3n) is 7.15. The number of hydrogen-bond acceptors (Lipinski definition) is 5. The van der Waals surface area contributed by atoms with Gasteiger partial charge in [0.05, 0.1) is 16.9 Å². The monoisotopic (exact) mass is 471 g/mol. The lowest BCUT2D eigenvalue weighted by Crippen LogP contribution is -2.41. The molecule has 2 fully saturated rings. The molecule has 0 aliphatic heterocycles. The lowest BCUT2D eigenvalue weighted by molar-refractivity contribution is 0.240. The molecular weight excluding hydrogens is 442 g/mol. The van der Waals surface area contributed by atoms with E-state index in [0.29, 0.717) is 24.5 Å². The molecule has 2 heterocycles. The maximum atomic E-state index is 12.2. The number of nitrogens with one attached hydrogen (secondary N) is 3. The first-order chi connectivity index (χ1) is 17.2. The second-order valence-electron chi connectivity index (χ2n) is 9.42. The Kier molecular flexibility index (Phi) is 5.52. The number of carbonyl (C=O) groups is 1. The van der Waals surface area contributed by atoms with E-state index < -0.39 is 0 Å². The molecule has 0 spiro atoms. The van der Waals surface area contributed by atoms with Crippen LogP contribution in [0.15, 0.2) is 48.8 Å². The number of ether oxygens (including phenoxy) is 1. The van der Waals surface area contributed by atoms with Gasteiger partial charge < -0.3 is 25.7 Å². The standard InChI is InChI=1S/C26H29N7O2/c27-24-21-12-11-20(35-14-23-28-15-29-32-23)13-22(21)33(19-5-2-6-19)25(24)16-7-9-18(10-8-16)31-26(34)30-17-3-1-4-17/h7-13,15,17,19H,1-6,14,27H2,(H,28,29,32)(H2,30,31,34). The quantitative estimate of drug-likeness (QED) is 0.302. The summed E-state index contributed by atoms with van der Waals surface area (Å²) in [4.78, 5) is 16.3. The van der Waals surface area contributed by atoms with Gasteiger partial charge in [-0.1, -0.05) is 12.1 Å². The van der Waals surface area contributed by atoms with Crippen molar-refractivity contribution in [3.8, 4) is 17.0 Å². The fraction of sp³-hybridized carbons (Fsp3) is 0.346. The molecule has 2 saturated carbocycles. The van der Waals surface area contributed by atoms with Gasteiger partial charge in [-0.15, -0.1) is 0 Å². The highest BCUT2D eigenvalue weighted by molar-refractivity contribution is 6.02. The Morgan fingerprint density at radius 1 is 1.11 bits per heavy atom. The van der Waals surface area contributed by atoms with Crippen molar-refractivity contribution >= 4 is 28.3 Å². The SMILES string of the molecule is Nc1c(-c2ccc(NC(=O)NC3CCC3)cc2)n(C2CCC2)c2cc(OCc3ncn[nH]3)ccc12. The number of nitrogens with two attached hydrogens (primary N) is 1. The van der Waals surface area contributed by atoms with Crippen LogP contribution in [0.1, 0.15) is 50.4 Å². The van der Waals surface area contributed by atoms with Crippen molar-refractivity contribution in [1.82, 2.24) is 25.1 Å². The first-order valence-electron chi connectivity index (χ1n) is 12.2. The van der Waals surface area contributed by atoms with Crippen molar-refractivity contribution in [2.75, 3.05) is 11.1 Å². The number of fused-ring (bicyclic) bond motifs is 1. The number of aromatic nitrogens is 4. The van der Waals surface area contributed by atoms with Crippen LogP contribution in [0.2, 0.25) is 0 Å². The minimum atomic E-state index is -0.150. The smallest absolute Gasteiger partial charge is 0.319 e. The number of nitrogens with zero attached hydrogens (tertiary/aromatic N) is 3. The molecular formula is C26H29N7O2. The van der Waals surface area contributed by atoms with Gasteiger partial charge in [0, 0.05) is 34.8 Å². The number of anilines is 2. The summed E-state index contributed by atoms with van der Waals surface area (Å²) in [6.07, 6.45) is 8.24. The van der Waals surface area contributed by atoms with Gasteiger partial charge in [0.1, 0.15) is 18.7 Å². The Hall–Kier alpha value is -4.01. The zero-order valence-corrected chi connectivity index (χ0v) is 19.5. The number of amides is 2. The Morgan fingerprint density at radius 2 is 1.91 bits per heavy atom. The minimum absolute atomic E-state index is 0.150. The van der Waals surface area contributed by atoms with Crippen LogP contribution in [0, 0.1) is 0 Å². The number of rotatable bonds is 7. The third-order valence-corrected chi connectivity index (χ3v) is 7.15. The van der Waals surface area contributed by atoms with Crippen molar-refractivity contribution in [3.63, 3.8) is 0 Å². The lowest BCUT2D eigenvalue weighted by atomic mass is 9.92. The summed E-state index contributed by atoms with van der Waals surface area (Å²) >= 11 is 0. The number of aromatic amines is 1. The zero-order valence-electron chi connectivity index (χ0n) is 19.5. The molecule has 0 radical (unpaired) electrons. The number of nitrogen functional groups attached to an aromatic ring is 1. The van der Waals surface area contributed by atoms with Crippen LogP contribution in [0.25, 0.3) is 22.2 Å². The predicted molar refractivity (Wildman–Crippen MR) is 135 cm³/mol. The van der Waals surface area contributed by atoms with E-state index in [1.807, 2.05) is 36.4 Å². The summed E-state index contributed by atoms with van der Waals surface area (Å²) in [6.45, 7) is 0.320. The van der Waals surface area contributed by atoms with E-state index in [1.54, 1.807) is 0 Å². The van der Waals surface area contributed by atoms with Crippen molar-refractivity contribution in [2.24, 2.45) is 0 Å². The highest BCUT2D eigenvalue weighted by Crippen LogP contribution is 2.45. The number of hydrogen-bond donors (Lipinski definition) is 4. The molecule has 4 aromatic rings. The summed E-state index contributed by atoms with van der Waals surface area (Å²) < 4.78 is 8.32. The molecule has 0 bridgehead atoms. The van der Waals surface area contributed by atoms with Crippen LogP contribution in [-0.2, 0) is 6.61 Å². The molecule has 0 saturated heterocycles. The lowest BCUT2D eigenvalue weighted by Gasteiger charge is -2.30. The Balaban J connectivity index is 1.29. The molecule has 2 amide bonds. The molecule has 0 unspecified atom stereocenters. The summed E-state index contributed by atoms with van der Waals surface area (Å²) in [5.41, 5.74) is 11.4. The normalized spacial score (nSPS) is 16.0. The summed E-state index contributed by atoms with van der Waals surface area (Å²) in [5, 5.41) is 13.6. The van der Waals surface area contributed by atoms with E-state index in [-0.39, 0.29) is 6.03 Å². The molecule has 180 valence electrons. The van der Waals surface area contributed by atoms with E-state index in [0.717, 1.165) is 65.0 Å². The van der Waals surface area contributed by atoms with Gasteiger partial charge in [0.15, 0.2) is 5.82 Å². The molecule has 6 rings (SSSR count). The van der Waals surface area contributed by atoms with Gasteiger partial charge in [-0.25, -0.2) is 9.78 Å². The van der Waals surface area contributed by atoms with E-state index in [4.69, 9.17) is 10.5 Å². The number of H-pyrrole nitrogens is 1. The van der Waals surface area contributed by atoms with Crippen LogP contribution in [0.3, 0.4) is 0 Å². The molecule has 2 aromatic carbocycles. The maximum Gasteiger partial charge on any atom is 0.319 e. The van der Waals surface area contributed by atoms with Crippen molar-refractivity contribution in [1.29, 1.82) is 0 Å². The topological polar surface area (TPSA) is 123 Å². The first-order valence-corrected chi connectivity index (χ1v) is 12.2. The largest absolute Gasteiger partial charge is 0.486 e. The van der Waals surface area contributed by atoms with E-state index in [1.165, 1.54) is 19.2 Å².